The van der Waals surface area contributed by atoms with E-state index in [-0.39, 0.29) is 25.4 Å². The molecule has 3 rings (SSSR count). The number of benzene rings is 2. The second kappa shape index (κ2) is 9.32. The summed E-state index contributed by atoms with van der Waals surface area (Å²) in [5.41, 5.74) is 2.48. The molecule has 1 heterocycles. The van der Waals surface area contributed by atoms with Crippen molar-refractivity contribution in [3.05, 3.63) is 79.9 Å². The smallest absolute Gasteiger partial charge is 0.257 e. The number of aliphatic hydroxyl groups is 1. The molecule has 0 fully saturated rings. The highest BCUT2D eigenvalue weighted by Crippen LogP contribution is 2.21. The second-order valence-electron chi connectivity index (χ2n) is 6.88. The third-order valence-corrected chi connectivity index (χ3v) is 5.57. The minimum atomic E-state index is -0.412. The van der Waals surface area contributed by atoms with Crippen molar-refractivity contribution in [1.29, 1.82) is 0 Å². The lowest BCUT2D eigenvalue weighted by Gasteiger charge is -2.16. The predicted octanol–water partition coefficient (Wildman–Crippen LogP) is 3.60. The lowest BCUT2D eigenvalue weighted by molar-refractivity contribution is -0.116. The Hall–Kier alpha value is -2.84. The summed E-state index contributed by atoms with van der Waals surface area (Å²) in [6.45, 7) is 3.10. The first-order valence-electron chi connectivity index (χ1n) is 9.33. The second-order valence-corrected chi connectivity index (χ2v) is 7.74. The standard InChI is InChI=1S/C22H21BrFN3O3/c1-13-11-17(7-8-19(13)23)26-20(29)12-27-21(15-3-5-16(24)6-4-15)25-14(2)18(9-10-28)22(27)30/h3-8,11,28H,9-10,12H2,1-2H3,(H,26,29). The molecule has 6 nitrogen and oxygen atoms in total. The molecule has 8 heteroatoms. The number of anilines is 1. The first-order chi connectivity index (χ1) is 14.3. The minimum Gasteiger partial charge on any atom is -0.396 e. The Morgan fingerprint density at radius 1 is 1.20 bits per heavy atom. The normalized spacial score (nSPS) is 10.8. The van der Waals surface area contributed by atoms with Crippen molar-refractivity contribution in [3.8, 4) is 11.4 Å². The zero-order valence-electron chi connectivity index (χ0n) is 16.6. The Morgan fingerprint density at radius 2 is 1.90 bits per heavy atom. The summed E-state index contributed by atoms with van der Waals surface area (Å²) in [7, 11) is 0. The number of nitrogens with zero attached hydrogens (tertiary/aromatic N) is 2. The molecule has 0 aliphatic heterocycles. The number of aliphatic hydroxyl groups excluding tert-OH is 1. The molecule has 0 aliphatic rings. The number of halogens is 2. The molecule has 3 aromatic rings. The van der Waals surface area contributed by atoms with E-state index in [0.717, 1.165) is 10.0 Å². The molecule has 2 aromatic carbocycles. The molecule has 156 valence electrons. The number of aromatic nitrogens is 2. The monoisotopic (exact) mass is 473 g/mol. The van der Waals surface area contributed by atoms with Crippen molar-refractivity contribution in [3.63, 3.8) is 0 Å². The summed E-state index contributed by atoms with van der Waals surface area (Å²) < 4.78 is 15.5. The highest BCUT2D eigenvalue weighted by molar-refractivity contribution is 9.10. The van der Waals surface area contributed by atoms with Crippen LogP contribution in [0.4, 0.5) is 10.1 Å². The van der Waals surface area contributed by atoms with Crippen LogP contribution in [0.3, 0.4) is 0 Å². The third kappa shape index (κ3) is 4.83. The van der Waals surface area contributed by atoms with E-state index in [2.05, 4.69) is 26.2 Å². The van der Waals surface area contributed by atoms with Crippen LogP contribution in [0.1, 0.15) is 16.8 Å². The number of carbonyl (C=O) groups is 1. The van der Waals surface area contributed by atoms with Gasteiger partial charge >= 0.3 is 0 Å². The minimum absolute atomic E-state index is 0.134. The summed E-state index contributed by atoms with van der Waals surface area (Å²) in [5, 5.41) is 12.1. The van der Waals surface area contributed by atoms with Gasteiger partial charge in [-0.2, -0.15) is 0 Å². The molecule has 0 unspecified atom stereocenters. The van der Waals surface area contributed by atoms with Gasteiger partial charge in [-0.25, -0.2) is 9.37 Å². The fourth-order valence-electron chi connectivity index (χ4n) is 3.13. The number of aryl methyl sites for hydroxylation is 2. The Kier molecular flexibility index (Phi) is 6.79. The van der Waals surface area contributed by atoms with Crippen molar-refractivity contribution in [2.75, 3.05) is 11.9 Å². The largest absolute Gasteiger partial charge is 0.396 e. The Labute approximate surface area is 181 Å². The zero-order valence-corrected chi connectivity index (χ0v) is 18.2. The van der Waals surface area contributed by atoms with E-state index in [1.165, 1.54) is 28.8 Å². The molecule has 1 aromatic heterocycles. The van der Waals surface area contributed by atoms with E-state index in [0.29, 0.717) is 22.5 Å². The fourth-order valence-corrected chi connectivity index (χ4v) is 3.38. The van der Waals surface area contributed by atoms with Crippen LogP contribution >= 0.6 is 15.9 Å². The van der Waals surface area contributed by atoms with E-state index in [4.69, 9.17) is 0 Å². The molecule has 0 saturated carbocycles. The van der Waals surface area contributed by atoms with Crippen LogP contribution in [0.5, 0.6) is 0 Å². The van der Waals surface area contributed by atoms with Crippen molar-refractivity contribution in [2.24, 2.45) is 0 Å². The van der Waals surface area contributed by atoms with Gasteiger partial charge in [0.15, 0.2) is 0 Å². The van der Waals surface area contributed by atoms with Crippen LogP contribution in [0, 0.1) is 19.7 Å². The van der Waals surface area contributed by atoms with E-state index in [9.17, 15) is 19.1 Å². The molecular weight excluding hydrogens is 453 g/mol. The van der Waals surface area contributed by atoms with E-state index in [1.807, 2.05) is 19.1 Å². The average Bonchev–Trinajstić information content (AvgIpc) is 2.70. The molecule has 2 N–H and O–H groups in total. The highest BCUT2D eigenvalue weighted by atomic mass is 79.9. The van der Waals surface area contributed by atoms with E-state index < -0.39 is 17.3 Å². The van der Waals surface area contributed by atoms with Gasteiger partial charge in [0.25, 0.3) is 5.56 Å². The van der Waals surface area contributed by atoms with Gasteiger partial charge in [0, 0.05) is 40.0 Å². The van der Waals surface area contributed by atoms with Gasteiger partial charge in [-0.3, -0.25) is 14.2 Å². The van der Waals surface area contributed by atoms with Crippen LogP contribution in [-0.2, 0) is 17.8 Å². The van der Waals surface area contributed by atoms with Crippen molar-refractivity contribution in [1.82, 2.24) is 9.55 Å². The lowest BCUT2D eigenvalue weighted by Crippen LogP contribution is -2.33. The molecule has 0 radical (unpaired) electrons. The lowest BCUT2D eigenvalue weighted by atomic mass is 10.1. The van der Waals surface area contributed by atoms with Gasteiger partial charge in [-0.15, -0.1) is 0 Å². The van der Waals surface area contributed by atoms with Crippen molar-refractivity contribution in [2.45, 2.75) is 26.8 Å². The first kappa shape index (κ1) is 21.9. The SMILES string of the molecule is Cc1cc(NC(=O)Cn2c(-c3ccc(F)cc3)nc(C)c(CCO)c2=O)ccc1Br. The summed E-state index contributed by atoms with van der Waals surface area (Å²) in [6.07, 6.45) is 0.134. The van der Waals surface area contributed by atoms with E-state index in [1.54, 1.807) is 13.0 Å². The van der Waals surface area contributed by atoms with Crippen LogP contribution in [-0.4, -0.2) is 27.2 Å². The molecule has 0 aliphatic carbocycles. The summed E-state index contributed by atoms with van der Waals surface area (Å²) in [4.78, 5) is 30.3. The van der Waals surface area contributed by atoms with Crippen LogP contribution in [0.2, 0.25) is 0 Å². The van der Waals surface area contributed by atoms with E-state index >= 15 is 0 Å². The van der Waals surface area contributed by atoms with Gasteiger partial charge in [0.2, 0.25) is 5.91 Å². The molecule has 0 spiro atoms. The summed E-state index contributed by atoms with van der Waals surface area (Å²) >= 11 is 3.42. The average molecular weight is 474 g/mol. The fraction of sp³-hybridized carbons (Fsp3) is 0.227. The molecule has 0 bridgehead atoms. The predicted molar refractivity (Wildman–Crippen MR) is 117 cm³/mol. The third-order valence-electron chi connectivity index (χ3n) is 4.68. The molecule has 30 heavy (non-hydrogen) atoms. The quantitative estimate of drug-likeness (QED) is 0.572. The van der Waals surface area contributed by atoms with Crippen molar-refractivity contribution < 1.29 is 14.3 Å². The van der Waals surface area contributed by atoms with Gasteiger partial charge in [-0.05, 0) is 61.9 Å². The Balaban J connectivity index is 2.01. The molecule has 0 saturated heterocycles. The summed E-state index contributed by atoms with van der Waals surface area (Å²) in [6, 6.07) is 11.0. The number of nitrogens with one attached hydrogen (secondary N) is 1. The van der Waals surface area contributed by atoms with Crippen LogP contribution < -0.4 is 10.9 Å². The van der Waals surface area contributed by atoms with Gasteiger partial charge in [-0.1, -0.05) is 15.9 Å². The summed E-state index contributed by atoms with van der Waals surface area (Å²) in [5.74, 6) is -0.547. The first-order valence-corrected chi connectivity index (χ1v) is 10.1. The Bertz CT molecular complexity index is 1140. The molecule has 0 atom stereocenters. The number of rotatable bonds is 6. The number of hydrogen-bond acceptors (Lipinski definition) is 4. The topological polar surface area (TPSA) is 84.2 Å². The maximum Gasteiger partial charge on any atom is 0.257 e. The van der Waals surface area contributed by atoms with Gasteiger partial charge in [0.05, 0.1) is 0 Å². The van der Waals surface area contributed by atoms with Gasteiger partial charge in [0.1, 0.15) is 18.2 Å². The number of carbonyl (C=O) groups excluding carboxylic acids is 1. The maximum absolute atomic E-state index is 13.4. The Morgan fingerprint density at radius 3 is 2.53 bits per heavy atom. The van der Waals surface area contributed by atoms with Crippen LogP contribution in [0.15, 0.2) is 51.7 Å². The highest BCUT2D eigenvalue weighted by Gasteiger charge is 2.18. The molecule has 1 amide bonds. The maximum atomic E-state index is 13.4. The van der Waals surface area contributed by atoms with Crippen molar-refractivity contribution >= 4 is 27.5 Å². The van der Waals surface area contributed by atoms with Crippen LogP contribution in [0.25, 0.3) is 11.4 Å². The number of amides is 1. The molecular formula is C22H21BrFN3O3. The van der Waals surface area contributed by atoms with Gasteiger partial charge < -0.3 is 10.4 Å². The zero-order chi connectivity index (χ0) is 21.8. The number of hydrogen-bond donors (Lipinski definition) is 2.